The quantitative estimate of drug-likeness (QED) is 0.471. The minimum Gasteiger partial charge on any atom is -0.481 e. The van der Waals surface area contributed by atoms with Crippen LogP contribution in [0.15, 0.2) is 39.7 Å². The fourth-order valence-electron chi connectivity index (χ4n) is 3.14. The van der Waals surface area contributed by atoms with Crippen molar-refractivity contribution in [3.05, 3.63) is 56.7 Å². The number of halogens is 1. The molecule has 3 rings (SSSR count). The number of aliphatic carboxylic acids is 1. The van der Waals surface area contributed by atoms with E-state index < -0.39 is 5.97 Å². The first kappa shape index (κ1) is 20.8. The van der Waals surface area contributed by atoms with E-state index in [0.717, 1.165) is 27.1 Å². The highest BCUT2D eigenvalue weighted by Crippen LogP contribution is 2.34. The summed E-state index contributed by atoms with van der Waals surface area (Å²) < 4.78 is 3.64. The summed E-state index contributed by atoms with van der Waals surface area (Å²) in [5.41, 5.74) is 4.13. The van der Waals surface area contributed by atoms with Gasteiger partial charge in [-0.1, -0.05) is 39.9 Å². The zero-order chi connectivity index (χ0) is 20.4. The van der Waals surface area contributed by atoms with E-state index >= 15 is 0 Å². The lowest BCUT2D eigenvalue weighted by Crippen LogP contribution is -2.29. The molecule has 1 saturated heterocycles. The van der Waals surface area contributed by atoms with E-state index in [2.05, 4.69) is 20.5 Å². The molecule has 146 valence electrons. The van der Waals surface area contributed by atoms with Gasteiger partial charge in [-0.25, -0.2) is 0 Å². The summed E-state index contributed by atoms with van der Waals surface area (Å²) in [6.45, 7) is 4.38. The smallest absolute Gasteiger partial charge is 0.303 e. The van der Waals surface area contributed by atoms with Gasteiger partial charge in [-0.3, -0.25) is 14.5 Å². The fourth-order valence-corrected chi connectivity index (χ4v) is 4.71. The second kappa shape index (κ2) is 8.63. The molecule has 0 radical (unpaired) electrons. The van der Waals surface area contributed by atoms with Gasteiger partial charge in [0.1, 0.15) is 4.32 Å². The van der Waals surface area contributed by atoms with Gasteiger partial charge in [-0.2, -0.15) is 0 Å². The molecule has 0 aliphatic carbocycles. The molecule has 8 heteroatoms. The van der Waals surface area contributed by atoms with Crippen molar-refractivity contribution in [3.8, 4) is 5.69 Å². The molecule has 0 spiro atoms. The molecule has 2 aromatic rings. The molecule has 1 aromatic heterocycles. The van der Waals surface area contributed by atoms with Gasteiger partial charge >= 0.3 is 5.97 Å². The van der Waals surface area contributed by atoms with Gasteiger partial charge in [0.25, 0.3) is 5.91 Å². The van der Waals surface area contributed by atoms with E-state index in [4.69, 9.17) is 17.3 Å². The Morgan fingerprint density at radius 3 is 2.61 bits per heavy atom. The second-order valence-electron chi connectivity index (χ2n) is 6.47. The number of benzene rings is 1. The average molecular weight is 479 g/mol. The predicted molar refractivity (Wildman–Crippen MR) is 120 cm³/mol. The van der Waals surface area contributed by atoms with Crippen molar-refractivity contribution in [1.82, 2.24) is 9.47 Å². The number of thioether (sulfide) groups is 1. The minimum atomic E-state index is -0.874. The van der Waals surface area contributed by atoms with E-state index in [-0.39, 0.29) is 12.3 Å². The van der Waals surface area contributed by atoms with Crippen LogP contribution >= 0.6 is 39.9 Å². The molecule has 28 heavy (non-hydrogen) atoms. The van der Waals surface area contributed by atoms with Crippen molar-refractivity contribution < 1.29 is 14.7 Å². The molecular weight excluding hydrogens is 460 g/mol. The standard InChI is InChI=1S/C20H19BrN2O3S2/c1-12-10-14(13(2)23(12)16-7-5-15(21)6-8-16)11-17-19(26)22(20(27)28-17)9-3-4-18(24)25/h5-8,10-11H,3-4,9H2,1-2H3,(H,24,25)/b17-11-. The molecule has 1 aliphatic rings. The SMILES string of the molecule is Cc1cc(/C=C2\SC(=S)N(CCCC(=O)O)C2=O)c(C)n1-c1ccc(Br)cc1. The highest BCUT2D eigenvalue weighted by atomic mass is 79.9. The van der Waals surface area contributed by atoms with E-state index in [0.29, 0.717) is 22.2 Å². The summed E-state index contributed by atoms with van der Waals surface area (Å²) in [6.07, 6.45) is 2.27. The number of aryl methyl sites for hydroxylation is 1. The van der Waals surface area contributed by atoms with E-state index in [1.807, 2.05) is 50.3 Å². The molecule has 0 bridgehead atoms. The van der Waals surface area contributed by atoms with Crippen LogP contribution in [0.1, 0.15) is 29.8 Å². The van der Waals surface area contributed by atoms with Gasteiger partial charge in [0.2, 0.25) is 0 Å². The third-order valence-electron chi connectivity index (χ3n) is 4.49. The van der Waals surface area contributed by atoms with Gasteiger partial charge in [-0.05, 0) is 62.2 Å². The molecule has 1 N–H and O–H groups in total. The Balaban J connectivity index is 1.85. The van der Waals surface area contributed by atoms with Crippen LogP contribution in [0.25, 0.3) is 11.8 Å². The van der Waals surface area contributed by atoms with Crippen LogP contribution in [-0.4, -0.2) is 37.3 Å². The second-order valence-corrected chi connectivity index (χ2v) is 9.06. The molecule has 5 nitrogen and oxygen atoms in total. The van der Waals surface area contributed by atoms with E-state index in [9.17, 15) is 9.59 Å². The largest absolute Gasteiger partial charge is 0.481 e. The van der Waals surface area contributed by atoms with Crippen LogP contribution in [0, 0.1) is 13.8 Å². The molecule has 0 saturated carbocycles. The maximum absolute atomic E-state index is 12.7. The van der Waals surface area contributed by atoms with Crippen LogP contribution < -0.4 is 0 Å². The maximum Gasteiger partial charge on any atom is 0.303 e. The number of carbonyl (C=O) groups is 2. The molecule has 2 heterocycles. The number of carboxylic acids is 1. The zero-order valence-electron chi connectivity index (χ0n) is 15.4. The molecule has 0 unspecified atom stereocenters. The Morgan fingerprint density at radius 1 is 1.29 bits per heavy atom. The first-order valence-corrected chi connectivity index (χ1v) is 10.7. The summed E-state index contributed by atoms with van der Waals surface area (Å²) in [5, 5.41) is 8.78. The van der Waals surface area contributed by atoms with Crippen LogP contribution in [0.5, 0.6) is 0 Å². The number of nitrogens with zero attached hydrogens (tertiary/aromatic N) is 2. The summed E-state index contributed by atoms with van der Waals surface area (Å²) in [7, 11) is 0. The van der Waals surface area contributed by atoms with Crippen LogP contribution in [0.3, 0.4) is 0 Å². The number of rotatable bonds is 6. The van der Waals surface area contributed by atoms with Gasteiger partial charge in [-0.15, -0.1) is 0 Å². The number of thiocarbonyl (C=S) groups is 1. The fraction of sp³-hybridized carbons (Fsp3) is 0.250. The van der Waals surface area contributed by atoms with Crippen molar-refractivity contribution in [2.24, 2.45) is 0 Å². The Kier molecular flexibility index (Phi) is 6.42. The molecule has 0 atom stereocenters. The topological polar surface area (TPSA) is 62.5 Å². The highest BCUT2D eigenvalue weighted by Gasteiger charge is 2.32. The summed E-state index contributed by atoms with van der Waals surface area (Å²) in [4.78, 5) is 25.4. The van der Waals surface area contributed by atoms with Crippen LogP contribution in [0.2, 0.25) is 0 Å². The van der Waals surface area contributed by atoms with Crippen LogP contribution in [-0.2, 0) is 9.59 Å². The Hall–Kier alpha value is -1.90. The molecule has 1 amide bonds. The molecule has 1 fully saturated rings. The molecule has 1 aromatic carbocycles. The van der Waals surface area contributed by atoms with Gasteiger partial charge in [0, 0.05) is 34.5 Å². The van der Waals surface area contributed by atoms with E-state index in [1.54, 1.807) is 0 Å². The van der Waals surface area contributed by atoms with Crippen molar-refractivity contribution in [1.29, 1.82) is 0 Å². The van der Waals surface area contributed by atoms with Crippen molar-refractivity contribution in [3.63, 3.8) is 0 Å². The Morgan fingerprint density at radius 2 is 1.96 bits per heavy atom. The lowest BCUT2D eigenvalue weighted by Gasteiger charge is -2.13. The summed E-state index contributed by atoms with van der Waals surface area (Å²) in [6, 6.07) is 10.1. The first-order chi connectivity index (χ1) is 13.3. The lowest BCUT2D eigenvalue weighted by molar-refractivity contribution is -0.137. The zero-order valence-corrected chi connectivity index (χ0v) is 18.7. The third kappa shape index (κ3) is 4.39. The summed E-state index contributed by atoms with van der Waals surface area (Å²) >= 11 is 10.0. The number of hydrogen-bond donors (Lipinski definition) is 1. The highest BCUT2D eigenvalue weighted by molar-refractivity contribution is 9.10. The summed E-state index contributed by atoms with van der Waals surface area (Å²) in [5.74, 6) is -1.03. The minimum absolute atomic E-state index is 0.0183. The third-order valence-corrected chi connectivity index (χ3v) is 6.39. The number of hydrogen-bond acceptors (Lipinski definition) is 4. The number of amides is 1. The predicted octanol–water partition coefficient (Wildman–Crippen LogP) is 4.92. The molecular formula is C20H19BrN2O3S2. The number of carboxylic acid groups (broad SMARTS) is 1. The van der Waals surface area contributed by atoms with Gasteiger partial charge < -0.3 is 9.67 Å². The van der Waals surface area contributed by atoms with Crippen molar-refractivity contribution >= 4 is 62.2 Å². The Bertz CT molecular complexity index is 980. The van der Waals surface area contributed by atoms with Crippen molar-refractivity contribution in [2.45, 2.75) is 26.7 Å². The lowest BCUT2D eigenvalue weighted by atomic mass is 10.2. The first-order valence-electron chi connectivity index (χ1n) is 8.70. The average Bonchev–Trinajstić information content (AvgIpc) is 3.06. The van der Waals surface area contributed by atoms with Gasteiger partial charge in [0.05, 0.1) is 4.91 Å². The maximum atomic E-state index is 12.7. The van der Waals surface area contributed by atoms with Crippen LogP contribution in [0.4, 0.5) is 0 Å². The van der Waals surface area contributed by atoms with Crippen molar-refractivity contribution in [2.75, 3.05) is 6.54 Å². The normalized spacial score (nSPS) is 15.7. The number of aromatic nitrogens is 1. The Labute approximate surface area is 181 Å². The monoisotopic (exact) mass is 478 g/mol. The van der Waals surface area contributed by atoms with E-state index in [1.165, 1.54) is 16.7 Å². The van der Waals surface area contributed by atoms with Gasteiger partial charge in [0.15, 0.2) is 0 Å². The number of carbonyl (C=O) groups excluding carboxylic acids is 1. The molecule has 1 aliphatic heterocycles.